The summed E-state index contributed by atoms with van der Waals surface area (Å²) in [5.74, 6) is 1.34. The van der Waals surface area contributed by atoms with Crippen LogP contribution in [0.2, 0.25) is 0 Å². The minimum Gasteiger partial charge on any atom is -0.325 e. The molecule has 2 nitrogen and oxygen atoms in total. The molecule has 0 fully saturated rings. The first-order valence-corrected chi connectivity index (χ1v) is 10.0. The summed E-state index contributed by atoms with van der Waals surface area (Å²) in [4.78, 5) is 13.3. The fraction of sp³-hybridized carbons (Fsp3) is 0.235. The maximum atomic E-state index is 12.0. The van der Waals surface area contributed by atoms with Crippen molar-refractivity contribution in [1.82, 2.24) is 0 Å². The van der Waals surface area contributed by atoms with Gasteiger partial charge in [0.15, 0.2) is 0 Å². The largest absolute Gasteiger partial charge is 0.325 e. The zero-order valence-corrected chi connectivity index (χ0v) is 15.8. The van der Waals surface area contributed by atoms with E-state index in [1.165, 1.54) is 10.5 Å². The smallest absolute Gasteiger partial charge is 0.234 e. The molecule has 22 heavy (non-hydrogen) atoms. The summed E-state index contributed by atoms with van der Waals surface area (Å²) in [7, 11) is 0. The molecule has 2 rings (SSSR count). The first-order chi connectivity index (χ1) is 10.6. The molecule has 0 aliphatic carbocycles. The second-order valence-corrected chi connectivity index (χ2v) is 7.63. The van der Waals surface area contributed by atoms with Crippen LogP contribution in [-0.2, 0) is 10.5 Å². The molecule has 0 unspecified atom stereocenters. The molecule has 0 aliphatic rings. The second kappa shape index (κ2) is 8.65. The van der Waals surface area contributed by atoms with Crippen LogP contribution in [-0.4, -0.2) is 17.9 Å². The van der Waals surface area contributed by atoms with Gasteiger partial charge in [-0.15, -0.1) is 23.5 Å². The zero-order chi connectivity index (χ0) is 15.9. The third kappa shape index (κ3) is 5.38. The average Bonchev–Trinajstić information content (AvgIpc) is 2.51. The van der Waals surface area contributed by atoms with Crippen LogP contribution in [0.3, 0.4) is 0 Å². The number of hydrogen-bond donors (Lipinski definition) is 1. The fourth-order valence-corrected chi connectivity index (χ4v) is 3.61. The highest BCUT2D eigenvalue weighted by Crippen LogP contribution is 2.21. The molecule has 0 spiro atoms. The van der Waals surface area contributed by atoms with Crippen molar-refractivity contribution >= 4 is 51.0 Å². The molecule has 0 bridgehead atoms. The summed E-state index contributed by atoms with van der Waals surface area (Å²) in [6.45, 7) is 1.99. The highest BCUT2D eigenvalue weighted by atomic mass is 79.9. The van der Waals surface area contributed by atoms with Gasteiger partial charge in [-0.05, 0) is 54.6 Å². The van der Waals surface area contributed by atoms with E-state index in [1.807, 2.05) is 25.1 Å². The van der Waals surface area contributed by atoms with Crippen LogP contribution in [0.15, 0.2) is 51.8 Å². The molecule has 2 aromatic carbocycles. The zero-order valence-electron chi connectivity index (χ0n) is 12.6. The van der Waals surface area contributed by atoms with Crippen molar-refractivity contribution in [3.63, 3.8) is 0 Å². The number of anilines is 1. The normalized spacial score (nSPS) is 10.5. The first-order valence-electron chi connectivity index (χ1n) is 6.85. The maximum absolute atomic E-state index is 12.0. The summed E-state index contributed by atoms with van der Waals surface area (Å²) in [5.41, 5.74) is 3.17. The lowest BCUT2D eigenvalue weighted by Gasteiger charge is -2.09. The summed E-state index contributed by atoms with van der Waals surface area (Å²) in [6, 6.07) is 14.3. The molecule has 0 saturated carbocycles. The highest BCUT2D eigenvalue weighted by Gasteiger charge is 2.05. The summed E-state index contributed by atoms with van der Waals surface area (Å²) < 4.78 is 1.02. The van der Waals surface area contributed by atoms with Crippen LogP contribution in [0.25, 0.3) is 0 Å². The van der Waals surface area contributed by atoms with Gasteiger partial charge in [-0.2, -0.15) is 0 Å². The summed E-state index contributed by atoms with van der Waals surface area (Å²) in [6.07, 6.45) is 2.07. The van der Waals surface area contributed by atoms with Crippen LogP contribution in [0.1, 0.15) is 11.1 Å². The molecule has 1 amide bonds. The van der Waals surface area contributed by atoms with Gasteiger partial charge in [0.2, 0.25) is 5.91 Å². The highest BCUT2D eigenvalue weighted by molar-refractivity contribution is 9.10. The Morgan fingerprint density at radius 1 is 1.18 bits per heavy atom. The van der Waals surface area contributed by atoms with E-state index >= 15 is 0 Å². The van der Waals surface area contributed by atoms with Gasteiger partial charge in [-0.1, -0.05) is 28.1 Å². The Morgan fingerprint density at radius 3 is 2.55 bits per heavy atom. The second-order valence-electron chi connectivity index (χ2n) is 4.85. The number of rotatable bonds is 6. The SMILES string of the molecule is CSc1ccc(CSCC(=O)Nc2ccc(Br)cc2C)cc1. The van der Waals surface area contributed by atoms with Crippen molar-refractivity contribution in [3.05, 3.63) is 58.1 Å². The van der Waals surface area contributed by atoms with Crippen molar-refractivity contribution in [3.8, 4) is 0 Å². The molecular formula is C17H18BrNOS2. The van der Waals surface area contributed by atoms with E-state index in [2.05, 4.69) is 51.8 Å². The topological polar surface area (TPSA) is 29.1 Å². The Kier molecular flexibility index (Phi) is 6.86. The summed E-state index contributed by atoms with van der Waals surface area (Å²) >= 11 is 6.79. The van der Waals surface area contributed by atoms with Crippen LogP contribution in [0.4, 0.5) is 5.69 Å². The minimum absolute atomic E-state index is 0.0381. The fourth-order valence-electron chi connectivity index (χ4n) is 1.94. The number of halogens is 1. The molecule has 1 N–H and O–H groups in total. The quantitative estimate of drug-likeness (QED) is 0.668. The number of aryl methyl sites for hydroxylation is 1. The number of benzene rings is 2. The van der Waals surface area contributed by atoms with Crippen LogP contribution < -0.4 is 5.32 Å². The van der Waals surface area contributed by atoms with E-state index < -0.39 is 0 Å². The van der Waals surface area contributed by atoms with E-state index in [4.69, 9.17) is 0 Å². The molecule has 0 aromatic heterocycles. The monoisotopic (exact) mass is 395 g/mol. The molecule has 0 radical (unpaired) electrons. The molecular weight excluding hydrogens is 378 g/mol. The Bertz CT molecular complexity index is 644. The predicted molar refractivity (Wildman–Crippen MR) is 102 cm³/mol. The van der Waals surface area contributed by atoms with E-state index in [1.54, 1.807) is 23.5 Å². The Labute approximate surface area is 148 Å². The first kappa shape index (κ1) is 17.4. The number of amides is 1. The molecule has 0 saturated heterocycles. The van der Waals surface area contributed by atoms with E-state index in [0.717, 1.165) is 21.5 Å². The minimum atomic E-state index is 0.0381. The van der Waals surface area contributed by atoms with Gasteiger partial charge in [-0.25, -0.2) is 0 Å². The van der Waals surface area contributed by atoms with Gasteiger partial charge in [-0.3, -0.25) is 4.79 Å². The lowest BCUT2D eigenvalue weighted by atomic mass is 10.2. The van der Waals surface area contributed by atoms with Gasteiger partial charge >= 0.3 is 0 Å². The van der Waals surface area contributed by atoms with Crippen LogP contribution in [0.5, 0.6) is 0 Å². The number of hydrogen-bond acceptors (Lipinski definition) is 3. The standard InChI is InChI=1S/C17H18BrNOS2/c1-12-9-14(18)5-8-16(12)19-17(20)11-22-10-13-3-6-15(21-2)7-4-13/h3-9H,10-11H2,1-2H3,(H,19,20). The Morgan fingerprint density at radius 2 is 1.91 bits per heavy atom. The third-order valence-corrected chi connectivity index (χ3v) is 5.36. The number of carbonyl (C=O) groups is 1. The average molecular weight is 396 g/mol. The molecule has 0 aliphatic heterocycles. The summed E-state index contributed by atoms with van der Waals surface area (Å²) in [5, 5.41) is 2.96. The van der Waals surface area contributed by atoms with Crippen molar-refractivity contribution in [2.75, 3.05) is 17.3 Å². The van der Waals surface area contributed by atoms with Crippen molar-refractivity contribution < 1.29 is 4.79 Å². The van der Waals surface area contributed by atoms with E-state index in [0.29, 0.717) is 5.75 Å². The molecule has 116 valence electrons. The third-order valence-electron chi connectivity index (χ3n) is 3.12. The van der Waals surface area contributed by atoms with Gasteiger partial charge in [0.1, 0.15) is 0 Å². The van der Waals surface area contributed by atoms with Crippen LogP contribution in [0, 0.1) is 6.92 Å². The Balaban J connectivity index is 1.79. The number of nitrogens with one attached hydrogen (secondary N) is 1. The van der Waals surface area contributed by atoms with Gasteiger partial charge < -0.3 is 5.32 Å². The number of carbonyl (C=O) groups excluding carboxylic acids is 1. The Hall–Kier alpha value is -0.910. The number of thioether (sulfide) groups is 2. The molecule has 0 heterocycles. The van der Waals surface area contributed by atoms with Crippen molar-refractivity contribution in [2.45, 2.75) is 17.6 Å². The lowest BCUT2D eigenvalue weighted by Crippen LogP contribution is -2.14. The van der Waals surface area contributed by atoms with Crippen molar-refractivity contribution in [2.24, 2.45) is 0 Å². The lowest BCUT2D eigenvalue weighted by molar-refractivity contribution is -0.113. The molecule has 5 heteroatoms. The van der Waals surface area contributed by atoms with Gasteiger partial charge in [0, 0.05) is 20.8 Å². The van der Waals surface area contributed by atoms with Crippen LogP contribution >= 0.6 is 39.5 Å². The predicted octanol–water partition coefficient (Wildman–Crippen LogP) is 5.35. The van der Waals surface area contributed by atoms with E-state index in [-0.39, 0.29) is 5.91 Å². The van der Waals surface area contributed by atoms with Gasteiger partial charge in [0.05, 0.1) is 5.75 Å². The molecule has 2 aromatic rings. The maximum Gasteiger partial charge on any atom is 0.234 e. The van der Waals surface area contributed by atoms with E-state index in [9.17, 15) is 4.79 Å². The molecule has 0 atom stereocenters. The van der Waals surface area contributed by atoms with Crippen molar-refractivity contribution in [1.29, 1.82) is 0 Å². The van der Waals surface area contributed by atoms with Gasteiger partial charge in [0.25, 0.3) is 0 Å².